The lowest BCUT2D eigenvalue weighted by atomic mass is 9.94. The number of benzene rings is 3. The van der Waals surface area contributed by atoms with Crippen molar-refractivity contribution in [2.24, 2.45) is 0 Å². The molecule has 5 rings (SSSR count). The molecule has 1 N–H and O–H groups in total. The monoisotopic (exact) mass is 458 g/mol. The molecule has 1 aromatic heterocycles. The first-order valence-electron chi connectivity index (χ1n) is 10.6. The fraction of sp³-hybridized carbons (Fsp3) is 0.115. The van der Waals surface area contributed by atoms with Gasteiger partial charge in [0.2, 0.25) is 5.82 Å². The number of rotatable bonds is 4. The number of anilines is 1. The summed E-state index contributed by atoms with van der Waals surface area (Å²) in [6.45, 7) is 3.68. The first-order chi connectivity index (χ1) is 16.4. The van der Waals surface area contributed by atoms with Gasteiger partial charge < -0.3 is 9.84 Å². The third-order valence-electron chi connectivity index (χ3n) is 5.71. The molecule has 8 heteroatoms. The summed E-state index contributed by atoms with van der Waals surface area (Å²) in [5.41, 5.74) is 3.85. The average Bonchev–Trinajstić information content (AvgIpc) is 3.31. The number of halogens is 2. The molecule has 0 spiro atoms. The molecule has 1 aliphatic rings. The maximum atomic E-state index is 14.0. The number of hydrogen-bond acceptors (Lipinski definition) is 4. The highest BCUT2D eigenvalue weighted by molar-refractivity contribution is 6.01. The molecule has 4 aromatic rings. The van der Waals surface area contributed by atoms with Crippen molar-refractivity contribution in [3.05, 3.63) is 107 Å². The lowest BCUT2D eigenvalue weighted by Gasteiger charge is -2.35. The minimum atomic E-state index is -1.05. The molecule has 170 valence electrons. The number of amides is 2. The second kappa shape index (κ2) is 8.55. The molecule has 0 aliphatic carbocycles. The quantitative estimate of drug-likeness (QED) is 0.406. The number of carbonyl (C=O) groups excluding carboxylic acids is 1. The van der Waals surface area contributed by atoms with Crippen LogP contribution in [-0.2, 0) is 0 Å². The van der Waals surface area contributed by atoms with Crippen molar-refractivity contribution in [2.45, 2.75) is 19.9 Å². The van der Waals surface area contributed by atoms with Crippen LogP contribution in [0.3, 0.4) is 0 Å². The van der Waals surface area contributed by atoms with E-state index in [-0.39, 0.29) is 11.6 Å². The van der Waals surface area contributed by atoms with Crippen molar-refractivity contribution >= 4 is 17.3 Å². The van der Waals surface area contributed by atoms with Crippen LogP contribution in [0, 0.1) is 18.6 Å². The molecule has 1 aliphatic heterocycles. The van der Waals surface area contributed by atoms with Crippen LogP contribution in [0.2, 0.25) is 0 Å². The Bertz CT molecular complexity index is 1420. The molecule has 0 saturated heterocycles. The Kier molecular flexibility index (Phi) is 5.41. The molecular formula is C26H20F2N4O2. The summed E-state index contributed by atoms with van der Waals surface area (Å²) in [6.07, 6.45) is 0. The standard InChI is InChI=1S/C26H20F2N4O2/c1-15-7-6-10-18(13-15)24-30-25(34-31-24)22-16(2)32(19-11-12-20(27)21(28)14-19)26(33)29-23(22)17-8-4-3-5-9-17/h3-14,23H,1-2H3,(H,29,33). The van der Waals surface area contributed by atoms with E-state index in [4.69, 9.17) is 4.52 Å². The Labute approximate surface area is 194 Å². The van der Waals surface area contributed by atoms with E-state index in [2.05, 4.69) is 15.5 Å². The summed E-state index contributed by atoms with van der Waals surface area (Å²) in [5, 5.41) is 7.08. The number of carbonyl (C=O) groups is 1. The van der Waals surface area contributed by atoms with Crippen LogP contribution in [0.15, 0.2) is 83.0 Å². The molecule has 3 aromatic carbocycles. The summed E-state index contributed by atoms with van der Waals surface area (Å²) in [6, 6.07) is 19.3. The lowest BCUT2D eigenvalue weighted by Crippen LogP contribution is -2.46. The highest BCUT2D eigenvalue weighted by Gasteiger charge is 2.36. The van der Waals surface area contributed by atoms with Gasteiger partial charge in [-0.05, 0) is 37.6 Å². The fourth-order valence-corrected chi connectivity index (χ4v) is 4.08. The second-order valence-corrected chi connectivity index (χ2v) is 8.02. The smallest absolute Gasteiger partial charge is 0.327 e. The van der Waals surface area contributed by atoms with Crippen LogP contribution < -0.4 is 10.2 Å². The third-order valence-corrected chi connectivity index (χ3v) is 5.71. The van der Waals surface area contributed by atoms with Gasteiger partial charge in [0.1, 0.15) is 0 Å². The van der Waals surface area contributed by atoms with Gasteiger partial charge in [-0.1, -0.05) is 59.3 Å². The highest BCUT2D eigenvalue weighted by atomic mass is 19.2. The van der Waals surface area contributed by atoms with E-state index in [0.29, 0.717) is 17.1 Å². The minimum absolute atomic E-state index is 0.177. The topological polar surface area (TPSA) is 71.3 Å². The van der Waals surface area contributed by atoms with Gasteiger partial charge in [-0.15, -0.1) is 0 Å². The van der Waals surface area contributed by atoms with Gasteiger partial charge >= 0.3 is 6.03 Å². The van der Waals surface area contributed by atoms with Gasteiger partial charge in [0, 0.05) is 17.3 Å². The number of urea groups is 1. The Morgan fingerprint density at radius 3 is 2.47 bits per heavy atom. The number of nitrogens with one attached hydrogen (secondary N) is 1. The van der Waals surface area contributed by atoms with E-state index >= 15 is 0 Å². The first-order valence-corrected chi connectivity index (χ1v) is 10.6. The SMILES string of the molecule is CC1=C(c2nc(-c3cccc(C)c3)no2)C(c2ccccc2)NC(=O)N1c1ccc(F)c(F)c1. The van der Waals surface area contributed by atoms with Gasteiger partial charge in [0.25, 0.3) is 5.89 Å². The average molecular weight is 458 g/mol. The summed E-state index contributed by atoms with van der Waals surface area (Å²) in [4.78, 5) is 19.0. The highest BCUT2D eigenvalue weighted by Crippen LogP contribution is 2.39. The molecule has 0 radical (unpaired) electrons. The molecule has 34 heavy (non-hydrogen) atoms. The van der Waals surface area contributed by atoms with E-state index in [0.717, 1.165) is 28.8 Å². The predicted molar refractivity (Wildman–Crippen MR) is 124 cm³/mol. The van der Waals surface area contributed by atoms with Crippen molar-refractivity contribution < 1.29 is 18.1 Å². The molecule has 2 heterocycles. The zero-order valence-electron chi connectivity index (χ0n) is 18.4. The second-order valence-electron chi connectivity index (χ2n) is 8.02. The van der Waals surface area contributed by atoms with Crippen LogP contribution in [0.5, 0.6) is 0 Å². The summed E-state index contributed by atoms with van der Waals surface area (Å²) < 4.78 is 33.2. The van der Waals surface area contributed by atoms with Gasteiger partial charge in [-0.25, -0.2) is 13.6 Å². The predicted octanol–water partition coefficient (Wildman–Crippen LogP) is 6.03. The normalized spacial score (nSPS) is 16.1. The summed E-state index contributed by atoms with van der Waals surface area (Å²) in [7, 11) is 0. The Hall–Kier alpha value is -4.33. The molecule has 0 bridgehead atoms. The zero-order valence-corrected chi connectivity index (χ0v) is 18.4. The van der Waals surface area contributed by atoms with E-state index in [1.807, 2.05) is 61.5 Å². The van der Waals surface area contributed by atoms with E-state index in [9.17, 15) is 13.6 Å². The Morgan fingerprint density at radius 1 is 0.941 bits per heavy atom. The van der Waals surface area contributed by atoms with E-state index in [1.54, 1.807) is 6.92 Å². The van der Waals surface area contributed by atoms with Crippen molar-refractivity contribution in [1.82, 2.24) is 15.5 Å². The summed E-state index contributed by atoms with van der Waals surface area (Å²) in [5.74, 6) is -1.42. The lowest BCUT2D eigenvalue weighted by molar-refractivity contribution is 0.244. The zero-order chi connectivity index (χ0) is 23.8. The van der Waals surface area contributed by atoms with Gasteiger partial charge in [-0.2, -0.15) is 4.98 Å². The molecule has 0 fully saturated rings. The van der Waals surface area contributed by atoms with Gasteiger partial charge in [0.15, 0.2) is 11.6 Å². The minimum Gasteiger partial charge on any atom is -0.334 e. The van der Waals surface area contributed by atoms with Crippen LogP contribution in [0.1, 0.15) is 30.0 Å². The Morgan fingerprint density at radius 2 is 1.74 bits per heavy atom. The maximum absolute atomic E-state index is 14.0. The molecule has 0 saturated carbocycles. The van der Waals surface area contributed by atoms with Crippen LogP contribution in [0.4, 0.5) is 19.3 Å². The number of aromatic nitrogens is 2. The molecule has 2 amide bonds. The number of hydrogen-bond donors (Lipinski definition) is 1. The Balaban J connectivity index is 1.66. The van der Waals surface area contributed by atoms with Crippen molar-refractivity contribution in [1.29, 1.82) is 0 Å². The van der Waals surface area contributed by atoms with Crippen LogP contribution in [-0.4, -0.2) is 16.2 Å². The van der Waals surface area contributed by atoms with Gasteiger partial charge in [-0.3, -0.25) is 4.90 Å². The van der Waals surface area contributed by atoms with Gasteiger partial charge in [0.05, 0.1) is 17.3 Å². The molecular weight excluding hydrogens is 438 g/mol. The number of aryl methyl sites for hydroxylation is 1. The first kappa shape index (κ1) is 21.5. The van der Waals surface area contributed by atoms with E-state index < -0.39 is 23.7 Å². The maximum Gasteiger partial charge on any atom is 0.327 e. The molecule has 1 unspecified atom stereocenters. The van der Waals surface area contributed by atoms with Crippen LogP contribution >= 0.6 is 0 Å². The third kappa shape index (κ3) is 3.83. The van der Waals surface area contributed by atoms with Crippen molar-refractivity contribution in [3.8, 4) is 11.4 Å². The number of allylic oxidation sites excluding steroid dienone is 1. The largest absolute Gasteiger partial charge is 0.334 e. The molecule has 1 atom stereocenters. The number of nitrogens with zero attached hydrogens (tertiary/aromatic N) is 3. The van der Waals surface area contributed by atoms with Crippen LogP contribution in [0.25, 0.3) is 17.0 Å². The van der Waals surface area contributed by atoms with Crippen molar-refractivity contribution in [2.75, 3.05) is 4.90 Å². The summed E-state index contributed by atoms with van der Waals surface area (Å²) >= 11 is 0. The molecule has 6 nitrogen and oxygen atoms in total. The van der Waals surface area contributed by atoms with E-state index in [1.165, 1.54) is 11.0 Å². The fourth-order valence-electron chi connectivity index (χ4n) is 4.08. The van der Waals surface area contributed by atoms with Crippen molar-refractivity contribution in [3.63, 3.8) is 0 Å².